The normalized spacial score (nSPS) is 14.3. The first-order valence-electron chi connectivity index (χ1n) is 8.45. The Morgan fingerprint density at radius 1 is 1.11 bits per heavy atom. The Labute approximate surface area is 160 Å². The molecule has 1 unspecified atom stereocenters. The van der Waals surface area contributed by atoms with Gasteiger partial charge in [-0.1, -0.05) is 24.6 Å². The second-order valence-electron chi connectivity index (χ2n) is 7.16. The SMILES string of the molecule is CCC(NS(=O)(=O)OC(C)(C)C)c1ccn(S(=O)(=O)c2ccc(C)cc2)n1. The molecule has 0 bridgehead atoms. The third kappa shape index (κ3) is 5.61. The smallest absolute Gasteiger partial charge is 0.252 e. The molecule has 1 aromatic carbocycles. The lowest BCUT2D eigenvalue weighted by Crippen LogP contribution is -2.35. The molecule has 0 saturated carbocycles. The molecule has 1 aromatic heterocycles. The van der Waals surface area contributed by atoms with Crippen LogP contribution in [0.5, 0.6) is 0 Å². The van der Waals surface area contributed by atoms with Gasteiger partial charge >= 0.3 is 10.3 Å². The maximum Gasteiger partial charge on any atom is 0.336 e. The van der Waals surface area contributed by atoms with E-state index in [4.69, 9.17) is 4.18 Å². The van der Waals surface area contributed by atoms with Crippen molar-refractivity contribution >= 4 is 20.3 Å². The first kappa shape index (κ1) is 21.5. The highest BCUT2D eigenvalue weighted by atomic mass is 32.2. The fraction of sp³-hybridized carbons (Fsp3) is 0.471. The average molecular weight is 416 g/mol. The third-order valence-electron chi connectivity index (χ3n) is 3.56. The molecule has 27 heavy (non-hydrogen) atoms. The molecule has 0 fully saturated rings. The molecule has 0 amide bonds. The van der Waals surface area contributed by atoms with Gasteiger partial charge in [-0.2, -0.15) is 30.7 Å². The summed E-state index contributed by atoms with van der Waals surface area (Å²) in [5, 5.41) is 4.08. The van der Waals surface area contributed by atoms with Crippen molar-refractivity contribution in [3.05, 3.63) is 47.8 Å². The lowest BCUT2D eigenvalue weighted by atomic mass is 10.2. The molecular formula is C17H25N3O5S2. The van der Waals surface area contributed by atoms with Crippen LogP contribution in [-0.4, -0.2) is 31.6 Å². The molecule has 0 radical (unpaired) electrons. The number of nitrogens with one attached hydrogen (secondary N) is 1. The molecule has 10 heteroatoms. The van der Waals surface area contributed by atoms with E-state index in [9.17, 15) is 16.8 Å². The maximum absolute atomic E-state index is 12.7. The molecular weight excluding hydrogens is 390 g/mol. The van der Waals surface area contributed by atoms with Crippen LogP contribution in [0.2, 0.25) is 0 Å². The van der Waals surface area contributed by atoms with Gasteiger partial charge in [0.1, 0.15) is 0 Å². The molecule has 1 N–H and O–H groups in total. The van der Waals surface area contributed by atoms with E-state index in [1.807, 2.05) is 6.92 Å². The van der Waals surface area contributed by atoms with E-state index in [2.05, 4.69) is 9.82 Å². The van der Waals surface area contributed by atoms with E-state index in [1.165, 1.54) is 24.4 Å². The van der Waals surface area contributed by atoms with Crippen LogP contribution in [0.15, 0.2) is 41.4 Å². The zero-order valence-corrected chi connectivity index (χ0v) is 17.6. The van der Waals surface area contributed by atoms with Crippen LogP contribution in [0.25, 0.3) is 0 Å². The van der Waals surface area contributed by atoms with Crippen molar-refractivity contribution in [2.75, 3.05) is 0 Å². The number of rotatable bonds is 7. The van der Waals surface area contributed by atoms with Gasteiger partial charge in [0.15, 0.2) is 0 Å². The second kappa shape index (κ2) is 7.70. The Bertz CT molecular complexity index is 988. The fourth-order valence-electron chi connectivity index (χ4n) is 2.34. The van der Waals surface area contributed by atoms with Crippen molar-refractivity contribution in [3.63, 3.8) is 0 Å². The van der Waals surface area contributed by atoms with Gasteiger partial charge in [-0.25, -0.2) is 0 Å². The standard InChI is InChI=1S/C17H25N3O5S2/c1-6-15(19-27(23,24)25-17(3,4)5)16-11-12-20(18-16)26(21,22)14-9-7-13(2)8-10-14/h7-12,15,19H,6H2,1-5H3. The summed E-state index contributed by atoms with van der Waals surface area (Å²) in [6.07, 6.45) is 1.67. The van der Waals surface area contributed by atoms with Crippen LogP contribution in [0.1, 0.15) is 51.4 Å². The number of benzene rings is 1. The predicted octanol–water partition coefficient (Wildman–Crippen LogP) is 2.53. The molecule has 0 aliphatic carbocycles. The van der Waals surface area contributed by atoms with Crippen molar-refractivity contribution in [1.29, 1.82) is 0 Å². The first-order chi connectivity index (χ1) is 12.3. The fourth-order valence-corrected chi connectivity index (χ4v) is 4.80. The summed E-state index contributed by atoms with van der Waals surface area (Å²) in [6.45, 7) is 8.49. The molecule has 0 aliphatic rings. The minimum Gasteiger partial charge on any atom is -0.252 e. The zero-order chi connectivity index (χ0) is 20.5. The Kier molecular flexibility index (Phi) is 6.15. The molecule has 0 spiro atoms. The predicted molar refractivity (Wildman–Crippen MR) is 102 cm³/mol. The summed E-state index contributed by atoms with van der Waals surface area (Å²) >= 11 is 0. The van der Waals surface area contributed by atoms with E-state index in [0.717, 1.165) is 9.65 Å². The second-order valence-corrected chi connectivity index (χ2v) is 10.3. The highest BCUT2D eigenvalue weighted by Crippen LogP contribution is 2.20. The van der Waals surface area contributed by atoms with Crippen LogP contribution in [0, 0.1) is 6.92 Å². The van der Waals surface area contributed by atoms with Gasteiger partial charge in [0.2, 0.25) is 0 Å². The summed E-state index contributed by atoms with van der Waals surface area (Å²) in [6, 6.07) is 7.16. The lowest BCUT2D eigenvalue weighted by molar-refractivity contribution is 0.135. The van der Waals surface area contributed by atoms with Gasteiger partial charge in [-0.3, -0.25) is 4.18 Å². The molecule has 0 aliphatic heterocycles. The van der Waals surface area contributed by atoms with E-state index < -0.39 is 32.0 Å². The molecule has 1 heterocycles. The van der Waals surface area contributed by atoms with E-state index >= 15 is 0 Å². The van der Waals surface area contributed by atoms with Crippen LogP contribution in [0.4, 0.5) is 0 Å². The molecule has 0 saturated heterocycles. The first-order valence-corrected chi connectivity index (χ1v) is 11.3. The summed E-state index contributed by atoms with van der Waals surface area (Å²) in [5.74, 6) is 0. The van der Waals surface area contributed by atoms with Gasteiger partial charge in [-0.15, -0.1) is 0 Å². The quantitative estimate of drug-likeness (QED) is 0.745. The van der Waals surface area contributed by atoms with Crippen LogP contribution in [0.3, 0.4) is 0 Å². The average Bonchev–Trinajstić information content (AvgIpc) is 3.01. The van der Waals surface area contributed by atoms with Gasteiger partial charge < -0.3 is 0 Å². The summed E-state index contributed by atoms with van der Waals surface area (Å²) in [4.78, 5) is 0.104. The van der Waals surface area contributed by atoms with Crippen molar-refractivity contribution in [1.82, 2.24) is 13.9 Å². The minimum atomic E-state index is -4.03. The summed E-state index contributed by atoms with van der Waals surface area (Å²) < 4.78 is 58.0. The van der Waals surface area contributed by atoms with Crippen LogP contribution < -0.4 is 4.72 Å². The van der Waals surface area contributed by atoms with Gasteiger partial charge in [-0.05, 0) is 52.3 Å². The highest BCUT2D eigenvalue weighted by Gasteiger charge is 2.27. The van der Waals surface area contributed by atoms with Crippen molar-refractivity contribution in [3.8, 4) is 0 Å². The highest BCUT2D eigenvalue weighted by molar-refractivity contribution is 7.89. The molecule has 1 atom stereocenters. The third-order valence-corrected chi connectivity index (χ3v) is 6.42. The number of aryl methyl sites for hydroxylation is 1. The van der Waals surface area contributed by atoms with Gasteiger partial charge in [0.25, 0.3) is 10.0 Å². The molecule has 2 aromatic rings. The largest absolute Gasteiger partial charge is 0.336 e. The van der Waals surface area contributed by atoms with Gasteiger partial charge in [0, 0.05) is 6.20 Å². The van der Waals surface area contributed by atoms with Crippen molar-refractivity contribution in [2.45, 2.75) is 57.6 Å². The number of hydrogen-bond acceptors (Lipinski definition) is 6. The maximum atomic E-state index is 12.7. The Balaban J connectivity index is 2.28. The van der Waals surface area contributed by atoms with Gasteiger partial charge in [0.05, 0.1) is 22.2 Å². The van der Waals surface area contributed by atoms with Crippen LogP contribution >= 0.6 is 0 Å². The zero-order valence-electron chi connectivity index (χ0n) is 16.0. The van der Waals surface area contributed by atoms with Crippen molar-refractivity contribution < 1.29 is 21.0 Å². The minimum absolute atomic E-state index is 0.104. The molecule has 8 nitrogen and oxygen atoms in total. The topological polar surface area (TPSA) is 107 Å². The molecule has 2 rings (SSSR count). The number of aromatic nitrogens is 2. The lowest BCUT2D eigenvalue weighted by Gasteiger charge is -2.21. The monoisotopic (exact) mass is 415 g/mol. The van der Waals surface area contributed by atoms with Crippen LogP contribution in [-0.2, 0) is 24.5 Å². The number of nitrogens with zero attached hydrogens (tertiary/aromatic N) is 2. The van der Waals surface area contributed by atoms with E-state index in [1.54, 1.807) is 39.8 Å². The summed E-state index contributed by atoms with van der Waals surface area (Å²) in [7, 11) is -7.88. The Morgan fingerprint density at radius 3 is 2.22 bits per heavy atom. The molecule has 150 valence electrons. The summed E-state index contributed by atoms with van der Waals surface area (Å²) in [5.41, 5.74) is 0.335. The number of hydrogen-bond donors (Lipinski definition) is 1. The van der Waals surface area contributed by atoms with E-state index in [-0.39, 0.29) is 10.6 Å². The van der Waals surface area contributed by atoms with Crippen molar-refractivity contribution in [2.24, 2.45) is 0 Å². The Morgan fingerprint density at radius 2 is 1.70 bits per heavy atom. The van der Waals surface area contributed by atoms with E-state index in [0.29, 0.717) is 6.42 Å². The Hall–Kier alpha value is -1.75.